The zero-order valence-electron chi connectivity index (χ0n) is 15.3. The molecule has 0 aliphatic rings. The zero-order valence-corrected chi connectivity index (χ0v) is 16.0. The van der Waals surface area contributed by atoms with Gasteiger partial charge in [0.15, 0.2) is 0 Å². The number of rotatable bonds is 6. The lowest BCUT2D eigenvalue weighted by atomic mass is 10.2. The van der Waals surface area contributed by atoms with Gasteiger partial charge in [0.25, 0.3) is 5.91 Å². The summed E-state index contributed by atoms with van der Waals surface area (Å²) in [5.74, 6) is -0.394. The first-order chi connectivity index (χ1) is 14.1. The number of esters is 1. The largest absolute Gasteiger partial charge is 0.423 e. The first kappa shape index (κ1) is 20.0. The van der Waals surface area contributed by atoms with E-state index in [-0.39, 0.29) is 5.91 Å². The molecule has 3 rings (SSSR count). The smallest absolute Gasteiger partial charge is 0.336 e. The monoisotopic (exact) mass is 404 g/mol. The van der Waals surface area contributed by atoms with Crippen LogP contribution in [0.1, 0.15) is 21.5 Å². The molecule has 0 atom stereocenters. The van der Waals surface area contributed by atoms with E-state index >= 15 is 0 Å². The van der Waals surface area contributed by atoms with Gasteiger partial charge in [0, 0.05) is 16.7 Å². The van der Waals surface area contributed by atoms with E-state index < -0.39 is 5.97 Å². The topological polar surface area (TPSA) is 67.8 Å². The van der Waals surface area contributed by atoms with Crippen molar-refractivity contribution in [1.29, 1.82) is 0 Å². The second-order valence-electron chi connectivity index (χ2n) is 5.94. The van der Waals surface area contributed by atoms with Crippen LogP contribution < -0.4 is 10.2 Å². The number of hydrazone groups is 1. The van der Waals surface area contributed by atoms with Gasteiger partial charge in [-0.3, -0.25) is 4.79 Å². The highest BCUT2D eigenvalue weighted by Crippen LogP contribution is 2.12. The molecule has 0 saturated carbocycles. The van der Waals surface area contributed by atoms with Crippen molar-refractivity contribution < 1.29 is 14.3 Å². The molecule has 144 valence electrons. The average molecular weight is 405 g/mol. The summed E-state index contributed by atoms with van der Waals surface area (Å²) in [5.41, 5.74) is 4.55. The van der Waals surface area contributed by atoms with E-state index in [0.717, 1.165) is 11.1 Å². The molecule has 0 aliphatic heterocycles. The van der Waals surface area contributed by atoms with Gasteiger partial charge in [-0.05, 0) is 65.7 Å². The third-order valence-electron chi connectivity index (χ3n) is 3.80. The number of halogens is 1. The molecule has 29 heavy (non-hydrogen) atoms. The van der Waals surface area contributed by atoms with Crippen LogP contribution in [0.25, 0.3) is 6.08 Å². The molecule has 5 nitrogen and oxygen atoms in total. The summed E-state index contributed by atoms with van der Waals surface area (Å²) >= 11 is 5.79. The van der Waals surface area contributed by atoms with Crippen LogP contribution in [0.4, 0.5) is 0 Å². The minimum Gasteiger partial charge on any atom is -0.423 e. The Balaban J connectivity index is 1.51. The Bertz CT molecular complexity index is 1030. The van der Waals surface area contributed by atoms with E-state index in [1.54, 1.807) is 54.6 Å². The molecule has 0 unspecified atom stereocenters. The Morgan fingerprint density at radius 1 is 0.862 bits per heavy atom. The van der Waals surface area contributed by atoms with Gasteiger partial charge in [0.1, 0.15) is 5.75 Å². The maximum Gasteiger partial charge on any atom is 0.336 e. The molecular formula is C23H17ClN2O3. The Kier molecular flexibility index (Phi) is 6.92. The lowest BCUT2D eigenvalue weighted by Gasteiger charge is -2.02. The molecule has 0 saturated heterocycles. The van der Waals surface area contributed by atoms with E-state index in [1.165, 1.54) is 12.3 Å². The van der Waals surface area contributed by atoms with Crippen molar-refractivity contribution in [2.75, 3.05) is 0 Å². The van der Waals surface area contributed by atoms with E-state index in [1.807, 2.05) is 30.3 Å². The highest BCUT2D eigenvalue weighted by atomic mass is 35.5. The number of nitrogens with zero attached hydrogens (tertiary/aromatic N) is 1. The molecule has 0 heterocycles. The van der Waals surface area contributed by atoms with Crippen LogP contribution in [-0.4, -0.2) is 18.1 Å². The van der Waals surface area contributed by atoms with Crippen molar-refractivity contribution in [2.24, 2.45) is 5.10 Å². The van der Waals surface area contributed by atoms with Gasteiger partial charge in [-0.1, -0.05) is 41.9 Å². The van der Waals surface area contributed by atoms with Crippen LogP contribution in [0.2, 0.25) is 5.02 Å². The van der Waals surface area contributed by atoms with Gasteiger partial charge in [-0.25, -0.2) is 10.2 Å². The average Bonchev–Trinajstić information content (AvgIpc) is 2.75. The summed E-state index contributed by atoms with van der Waals surface area (Å²) in [6, 6.07) is 22.7. The van der Waals surface area contributed by atoms with Gasteiger partial charge in [-0.15, -0.1) is 0 Å². The van der Waals surface area contributed by atoms with Crippen LogP contribution in [0, 0.1) is 0 Å². The molecule has 1 amide bonds. The molecule has 3 aromatic rings. The Labute approximate surface area is 173 Å². The SMILES string of the molecule is O=C(/C=C/c1ccccc1)Oc1ccc(/C=N\NC(=O)c2ccc(Cl)cc2)cc1. The van der Waals surface area contributed by atoms with Crippen LogP contribution in [0.5, 0.6) is 5.75 Å². The molecule has 6 heteroatoms. The Morgan fingerprint density at radius 3 is 2.24 bits per heavy atom. The number of hydrogen-bond acceptors (Lipinski definition) is 4. The van der Waals surface area contributed by atoms with Crippen LogP contribution >= 0.6 is 11.6 Å². The fourth-order valence-corrected chi connectivity index (χ4v) is 2.46. The number of hydrogen-bond donors (Lipinski definition) is 1. The summed E-state index contributed by atoms with van der Waals surface area (Å²) in [5, 5.41) is 4.47. The zero-order chi connectivity index (χ0) is 20.5. The van der Waals surface area contributed by atoms with Gasteiger partial charge < -0.3 is 4.74 Å². The van der Waals surface area contributed by atoms with Crippen LogP contribution in [-0.2, 0) is 4.79 Å². The summed E-state index contributed by atoms with van der Waals surface area (Å²) in [6.07, 6.45) is 4.55. The minimum absolute atomic E-state index is 0.339. The number of benzene rings is 3. The first-order valence-corrected chi connectivity index (χ1v) is 9.12. The van der Waals surface area contributed by atoms with Crippen molar-refractivity contribution >= 4 is 35.8 Å². The summed E-state index contributed by atoms with van der Waals surface area (Å²) in [6.45, 7) is 0. The number of carbonyl (C=O) groups excluding carboxylic acids is 2. The second-order valence-corrected chi connectivity index (χ2v) is 6.38. The lowest BCUT2D eigenvalue weighted by Crippen LogP contribution is -2.17. The van der Waals surface area contributed by atoms with Crippen molar-refractivity contribution in [2.45, 2.75) is 0 Å². The predicted octanol–water partition coefficient (Wildman–Crippen LogP) is 4.72. The number of carbonyl (C=O) groups is 2. The van der Waals surface area contributed by atoms with Gasteiger partial charge in [0.05, 0.1) is 6.21 Å². The summed E-state index contributed by atoms with van der Waals surface area (Å²) in [4.78, 5) is 23.8. The third kappa shape index (κ3) is 6.45. The normalized spacial score (nSPS) is 10.9. The molecule has 1 N–H and O–H groups in total. The molecular weight excluding hydrogens is 388 g/mol. The summed E-state index contributed by atoms with van der Waals surface area (Å²) in [7, 11) is 0. The molecule has 0 fully saturated rings. The van der Waals surface area contributed by atoms with E-state index in [0.29, 0.717) is 16.3 Å². The van der Waals surface area contributed by atoms with Crippen molar-refractivity contribution in [3.8, 4) is 5.75 Å². The molecule has 0 aromatic heterocycles. The minimum atomic E-state index is -0.467. The Hall–Kier alpha value is -3.70. The predicted molar refractivity (Wildman–Crippen MR) is 114 cm³/mol. The molecule has 3 aromatic carbocycles. The van der Waals surface area contributed by atoms with E-state index in [9.17, 15) is 9.59 Å². The maximum atomic E-state index is 12.0. The van der Waals surface area contributed by atoms with Crippen LogP contribution in [0.15, 0.2) is 90.0 Å². The van der Waals surface area contributed by atoms with E-state index in [2.05, 4.69) is 10.5 Å². The lowest BCUT2D eigenvalue weighted by molar-refractivity contribution is -0.128. The number of amides is 1. The van der Waals surface area contributed by atoms with Gasteiger partial charge in [-0.2, -0.15) is 5.10 Å². The third-order valence-corrected chi connectivity index (χ3v) is 4.05. The Morgan fingerprint density at radius 2 is 1.55 bits per heavy atom. The fourth-order valence-electron chi connectivity index (χ4n) is 2.33. The summed E-state index contributed by atoms with van der Waals surface area (Å²) < 4.78 is 5.25. The standard InChI is InChI=1S/C23H17ClN2O3/c24-20-11-9-19(10-12-20)23(28)26-25-16-18-6-13-21(14-7-18)29-22(27)15-8-17-4-2-1-3-5-17/h1-16H,(H,26,28)/b15-8+,25-16-. The maximum absolute atomic E-state index is 12.0. The highest BCUT2D eigenvalue weighted by molar-refractivity contribution is 6.30. The van der Waals surface area contributed by atoms with Gasteiger partial charge in [0.2, 0.25) is 0 Å². The van der Waals surface area contributed by atoms with Crippen molar-refractivity contribution in [1.82, 2.24) is 5.43 Å². The number of ether oxygens (including phenoxy) is 1. The van der Waals surface area contributed by atoms with Gasteiger partial charge >= 0.3 is 5.97 Å². The first-order valence-electron chi connectivity index (χ1n) is 8.74. The van der Waals surface area contributed by atoms with Crippen LogP contribution in [0.3, 0.4) is 0 Å². The van der Waals surface area contributed by atoms with Crippen molar-refractivity contribution in [3.63, 3.8) is 0 Å². The number of nitrogens with one attached hydrogen (secondary N) is 1. The fraction of sp³-hybridized carbons (Fsp3) is 0. The van der Waals surface area contributed by atoms with Crippen molar-refractivity contribution in [3.05, 3.63) is 107 Å². The molecule has 0 radical (unpaired) electrons. The quantitative estimate of drug-likeness (QED) is 0.212. The molecule has 0 aliphatic carbocycles. The van der Waals surface area contributed by atoms with E-state index in [4.69, 9.17) is 16.3 Å². The highest BCUT2D eigenvalue weighted by Gasteiger charge is 2.03. The molecule has 0 bridgehead atoms. The second kappa shape index (κ2) is 10.0. The molecule has 0 spiro atoms.